The van der Waals surface area contributed by atoms with E-state index in [-0.39, 0.29) is 41.5 Å². The summed E-state index contributed by atoms with van der Waals surface area (Å²) in [6.07, 6.45) is -13.1. The molecule has 0 atom stereocenters. The fourth-order valence-corrected chi connectivity index (χ4v) is 2.60. The quantitative estimate of drug-likeness (QED) is 0.286. The van der Waals surface area contributed by atoms with Gasteiger partial charge in [-0.3, -0.25) is 0 Å². The van der Waals surface area contributed by atoms with E-state index >= 15 is 0 Å². The molecule has 2 rings (SSSR count). The molecule has 2 aromatic rings. The van der Waals surface area contributed by atoms with Gasteiger partial charge >= 0.3 is 18.7 Å². The fourth-order valence-electron chi connectivity index (χ4n) is 2.02. The summed E-state index contributed by atoms with van der Waals surface area (Å²) in [5.41, 5.74) is -1.27. The Balaban J connectivity index is 1.89. The molecule has 0 aliphatic heterocycles. The van der Waals surface area contributed by atoms with E-state index < -0.39 is 41.7 Å². The number of hydrogen-bond acceptors (Lipinski definition) is 4. The Morgan fingerprint density at radius 2 is 1.52 bits per heavy atom. The standard InChI is InChI=1S/C17H11Cl2F8NO3/c18-10-5-9(31-17(26,27)15(21)22)6-11(19)13(10)29-2-1-3-30-14-12(20)4-8(7-28-14)16(23,24)25/h4-7,15H,1-3H2. The van der Waals surface area contributed by atoms with Crippen LogP contribution in [0.4, 0.5) is 35.1 Å². The van der Waals surface area contributed by atoms with Crippen molar-refractivity contribution in [2.24, 2.45) is 0 Å². The minimum absolute atomic E-state index is 0.0660. The predicted octanol–water partition coefficient (Wildman–Crippen LogP) is 6.63. The van der Waals surface area contributed by atoms with Crippen LogP contribution in [0.1, 0.15) is 12.0 Å². The molecule has 1 heterocycles. The summed E-state index contributed by atoms with van der Waals surface area (Å²) in [7, 11) is 0. The zero-order valence-electron chi connectivity index (χ0n) is 15.0. The number of nitrogens with zero attached hydrogens (tertiary/aromatic N) is 1. The van der Waals surface area contributed by atoms with Gasteiger partial charge < -0.3 is 14.2 Å². The van der Waals surface area contributed by atoms with Crippen LogP contribution in [0.25, 0.3) is 0 Å². The first-order chi connectivity index (χ1) is 14.3. The highest BCUT2D eigenvalue weighted by Gasteiger charge is 2.44. The van der Waals surface area contributed by atoms with Crippen LogP contribution >= 0.6 is 23.2 Å². The van der Waals surface area contributed by atoms with E-state index in [4.69, 9.17) is 32.7 Å². The third kappa shape index (κ3) is 6.89. The maximum atomic E-state index is 13.6. The molecule has 14 heteroatoms. The van der Waals surface area contributed by atoms with Crippen LogP contribution in [0.5, 0.6) is 17.4 Å². The number of halogens is 10. The van der Waals surface area contributed by atoms with Gasteiger partial charge in [0.05, 0.1) is 28.8 Å². The SMILES string of the molecule is Fc1cc(C(F)(F)F)cnc1OCCCOc1c(Cl)cc(OC(F)(F)C(F)F)cc1Cl. The molecule has 0 aliphatic carbocycles. The Labute approximate surface area is 179 Å². The molecule has 1 aromatic carbocycles. The van der Waals surface area contributed by atoms with Gasteiger partial charge in [0.2, 0.25) is 5.88 Å². The van der Waals surface area contributed by atoms with E-state index in [1.54, 1.807) is 0 Å². The topological polar surface area (TPSA) is 40.6 Å². The van der Waals surface area contributed by atoms with Crippen LogP contribution in [0, 0.1) is 5.82 Å². The summed E-state index contributed by atoms with van der Waals surface area (Å²) in [4.78, 5) is 3.25. The van der Waals surface area contributed by atoms with Crippen LogP contribution < -0.4 is 14.2 Å². The first kappa shape index (κ1) is 25.1. The van der Waals surface area contributed by atoms with Gasteiger partial charge in [-0.15, -0.1) is 0 Å². The highest BCUT2D eigenvalue weighted by molar-refractivity contribution is 6.37. The number of ether oxygens (including phenoxy) is 3. The smallest absolute Gasteiger partial charge is 0.461 e. The van der Waals surface area contributed by atoms with Crippen molar-refractivity contribution in [3.63, 3.8) is 0 Å². The van der Waals surface area contributed by atoms with Crippen LogP contribution in [-0.2, 0) is 6.18 Å². The van der Waals surface area contributed by atoms with Crippen molar-refractivity contribution in [3.8, 4) is 17.4 Å². The van der Waals surface area contributed by atoms with E-state index in [9.17, 15) is 35.1 Å². The molecule has 0 unspecified atom stereocenters. The molecule has 0 saturated heterocycles. The van der Waals surface area contributed by atoms with Crippen LogP contribution in [0.3, 0.4) is 0 Å². The summed E-state index contributed by atoms with van der Waals surface area (Å²) in [6, 6.07) is 1.81. The molecule has 1 aromatic heterocycles. The minimum Gasteiger partial charge on any atom is -0.490 e. The number of aromatic nitrogens is 1. The number of rotatable bonds is 9. The van der Waals surface area contributed by atoms with Crippen molar-refractivity contribution in [2.45, 2.75) is 25.1 Å². The Kier molecular flexibility index (Phi) is 8.04. The molecular weight excluding hydrogens is 489 g/mol. The van der Waals surface area contributed by atoms with E-state index in [0.717, 1.165) is 12.1 Å². The van der Waals surface area contributed by atoms with Gasteiger partial charge in [0.25, 0.3) is 0 Å². The van der Waals surface area contributed by atoms with E-state index in [1.807, 2.05) is 0 Å². The average molecular weight is 500 g/mol. The summed E-state index contributed by atoms with van der Waals surface area (Å²) in [5, 5.41) is -0.632. The van der Waals surface area contributed by atoms with Gasteiger partial charge in [0.15, 0.2) is 11.6 Å². The zero-order valence-corrected chi connectivity index (χ0v) is 16.5. The molecule has 0 saturated carbocycles. The van der Waals surface area contributed by atoms with Gasteiger partial charge in [-0.2, -0.15) is 30.7 Å². The summed E-state index contributed by atoms with van der Waals surface area (Å²) in [6.45, 7) is -0.360. The largest absolute Gasteiger partial charge is 0.490 e. The van der Waals surface area contributed by atoms with Crippen LogP contribution in [0.2, 0.25) is 10.0 Å². The molecule has 31 heavy (non-hydrogen) atoms. The molecule has 0 aliphatic rings. The van der Waals surface area contributed by atoms with Crippen molar-refractivity contribution >= 4 is 23.2 Å². The molecular formula is C17H11Cl2F8NO3. The molecule has 4 nitrogen and oxygen atoms in total. The Morgan fingerprint density at radius 3 is 2.03 bits per heavy atom. The molecule has 0 bridgehead atoms. The van der Waals surface area contributed by atoms with Crippen LogP contribution in [0.15, 0.2) is 24.4 Å². The molecule has 0 radical (unpaired) electrons. The lowest BCUT2D eigenvalue weighted by Gasteiger charge is -2.18. The van der Waals surface area contributed by atoms with Crippen molar-refractivity contribution in [2.75, 3.05) is 13.2 Å². The third-order valence-electron chi connectivity index (χ3n) is 3.39. The minimum atomic E-state index is -4.76. The Morgan fingerprint density at radius 1 is 0.935 bits per heavy atom. The van der Waals surface area contributed by atoms with Gasteiger partial charge in [-0.1, -0.05) is 23.2 Å². The third-order valence-corrected chi connectivity index (χ3v) is 3.95. The second-order valence-corrected chi connectivity index (χ2v) is 6.55. The highest BCUT2D eigenvalue weighted by atomic mass is 35.5. The Bertz CT molecular complexity index is 888. The summed E-state index contributed by atoms with van der Waals surface area (Å²) in [5.74, 6) is -2.85. The number of alkyl halides is 7. The van der Waals surface area contributed by atoms with Gasteiger partial charge in [-0.05, 0) is 6.07 Å². The number of pyridine rings is 1. The van der Waals surface area contributed by atoms with Crippen molar-refractivity contribution in [1.29, 1.82) is 0 Å². The molecule has 0 N–H and O–H groups in total. The fraction of sp³-hybridized carbons (Fsp3) is 0.353. The van der Waals surface area contributed by atoms with E-state index in [2.05, 4.69) is 9.72 Å². The van der Waals surface area contributed by atoms with Crippen molar-refractivity contribution < 1.29 is 49.3 Å². The zero-order chi connectivity index (χ0) is 23.4. The van der Waals surface area contributed by atoms with E-state index in [1.165, 1.54) is 0 Å². The van der Waals surface area contributed by atoms with Crippen molar-refractivity contribution in [3.05, 3.63) is 45.8 Å². The highest BCUT2D eigenvalue weighted by Crippen LogP contribution is 2.39. The lowest BCUT2D eigenvalue weighted by atomic mass is 10.3. The second-order valence-electron chi connectivity index (χ2n) is 5.74. The summed E-state index contributed by atoms with van der Waals surface area (Å²) >= 11 is 11.6. The molecule has 0 amide bonds. The molecule has 0 spiro atoms. The number of hydrogen-bond donors (Lipinski definition) is 0. The first-order valence-corrected chi connectivity index (χ1v) is 8.89. The average Bonchev–Trinajstić information content (AvgIpc) is 2.63. The van der Waals surface area contributed by atoms with Crippen molar-refractivity contribution in [1.82, 2.24) is 4.98 Å². The first-order valence-electron chi connectivity index (χ1n) is 8.13. The summed E-state index contributed by atoms with van der Waals surface area (Å²) < 4.78 is 115. The predicted molar refractivity (Wildman–Crippen MR) is 92.8 cm³/mol. The lowest BCUT2D eigenvalue weighted by Crippen LogP contribution is -2.33. The maximum Gasteiger partial charge on any atom is 0.461 e. The van der Waals surface area contributed by atoms with E-state index in [0.29, 0.717) is 6.20 Å². The monoisotopic (exact) mass is 499 g/mol. The van der Waals surface area contributed by atoms with Gasteiger partial charge in [0, 0.05) is 24.8 Å². The Hall–Kier alpha value is -2.21. The molecule has 172 valence electrons. The van der Waals surface area contributed by atoms with Crippen LogP contribution in [-0.4, -0.2) is 30.7 Å². The van der Waals surface area contributed by atoms with Gasteiger partial charge in [0.1, 0.15) is 5.75 Å². The lowest BCUT2D eigenvalue weighted by molar-refractivity contribution is -0.253. The second kappa shape index (κ2) is 9.94. The normalized spacial score (nSPS) is 12.2. The maximum absolute atomic E-state index is 13.6. The molecule has 0 fully saturated rings. The number of benzene rings is 1. The van der Waals surface area contributed by atoms with Gasteiger partial charge in [-0.25, -0.2) is 9.37 Å².